The molecular formula is C43H25NO2. The Morgan fingerprint density at radius 2 is 0.870 bits per heavy atom. The van der Waals surface area contributed by atoms with Crippen LogP contribution in [0.4, 0.5) is 0 Å². The average molecular weight is 588 g/mol. The summed E-state index contributed by atoms with van der Waals surface area (Å²) in [4.78, 5) is 0. The molecule has 3 heteroatoms. The van der Waals surface area contributed by atoms with Gasteiger partial charge in [0.05, 0.1) is 11.6 Å². The van der Waals surface area contributed by atoms with Crippen molar-refractivity contribution in [3.63, 3.8) is 0 Å². The predicted molar refractivity (Wildman–Crippen MR) is 187 cm³/mol. The number of benzene rings is 7. The Balaban J connectivity index is 1.31. The summed E-state index contributed by atoms with van der Waals surface area (Å²) >= 11 is 0. The van der Waals surface area contributed by atoms with E-state index in [1.54, 1.807) is 0 Å². The van der Waals surface area contributed by atoms with Gasteiger partial charge in [0.25, 0.3) is 0 Å². The molecule has 0 fully saturated rings. The molecule has 0 amide bonds. The Bertz CT molecular complexity index is 2520. The first-order valence-corrected chi connectivity index (χ1v) is 15.3. The maximum Gasteiger partial charge on any atom is 0.135 e. The molecule has 0 saturated heterocycles. The second-order valence-corrected chi connectivity index (χ2v) is 11.7. The lowest BCUT2D eigenvalue weighted by molar-refractivity contribution is 0.668. The van der Waals surface area contributed by atoms with Crippen LogP contribution in [0.2, 0.25) is 0 Å². The van der Waals surface area contributed by atoms with E-state index in [9.17, 15) is 5.26 Å². The monoisotopic (exact) mass is 587 g/mol. The molecule has 0 N–H and O–H groups in total. The van der Waals surface area contributed by atoms with Gasteiger partial charge in [0, 0.05) is 21.5 Å². The van der Waals surface area contributed by atoms with Gasteiger partial charge in [-0.15, -0.1) is 0 Å². The molecule has 9 rings (SSSR count). The van der Waals surface area contributed by atoms with Crippen LogP contribution in [-0.4, -0.2) is 0 Å². The first-order valence-electron chi connectivity index (χ1n) is 15.3. The van der Waals surface area contributed by atoms with Crippen LogP contribution in [-0.2, 0) is 0 Å². The third-order valence-electron chi connectivity index (χ3n) is 8.90. The van der Waals surface area contributed by atoms with Crippen LogP contribution in [0.25, 0.3) is 88.4 Å². The van der Waals surface area contributed by atoms with E-state index < -0.39 is 0 Å². The van der Waals surface area contributed by atoms with Crippen LogP contribution >= 0.6 is 0 Å². The van der Waals surface area contributed by atoms with E-state index in [0.717, 1.165) is 88.4 Å². The molecule has 0 spiro atoms. The van der Waals surface area contributed by atoms with Gasteiger partial charge in [0.1, 0.15) is 22.3 Å². The van der Waals surface area contributed by atoms with Gasteiger partial charge in [0.2, 0.25) is 0 Å². The van der Waals surface area contributed by atoms with Crippen molar-refractivity contribution in [1.29, 1.82) is 5.26 Å². The number of rotatable bonds is 4. The molecule has 0 atom stereocenters. The lowest BCUT2D eigenvalue weighted by Gasteiger charge is -2.15. The smallest absolute Gasteiger partial charge is 0.135 e. The molecular weight excluding hydrogens is 562 g/mol. The van der Waals surface area contributed by atoms with Crippen LogP contribution in [0.1, 0.15) is 5.56 Å². The van der Waals surface area contributed by atoms with E-state index >= 15 is 0 Å². The molecule has 0 aliphatic heterocycles. The predicted octanol–water partition coefficient (Wildman–Crippen LogP) is 12.0. The molecule has 0 radical (unpaired) electrons. The van der Waals surface area contributed by atoms with Gasteiger partial charge >= 0.3 is 0 Å². The highest BCUT2D eigenvalue weighted by Crippen LogP contribution is 2.41. The third kappa shape index (κ3) is 4.28. The molecule has 0 aliphatic carbocycles. The molecule has 3 nitrogen and oxygen atoms in total. The highest BCUT2D eigenvalue weighted by atomic mass is 16.3. The maximum absolute atomic E-state index is 9.90. The third-order valence-corrected chi connectivity index (χ3v) is 8.90. The Kier molecular flexibility index (Phi) is 5.88. The van der Waals surface area contributed by atoms with Crippen molar-refractivity contribution < 1.29 is 8.83 Å². The average Bonchev–Trinajstić information content (AvgIpc) is 3.69. The number of hydrogen-bond donors (Lipinski definition) is 0. The van der Waals surface area contributed by atoms with E-state index in [4.69, 9.17) is 8.83 Å². The van der Waals surface area contributed by atoms with E-state index in [0.29, 0.717) is 5.56 Å². The number of para-hydroxylation sites is 2. The summed E-state index contributed by atoms with van der Waals surface area (Å²) < 4.78 is 12.3. The lowest BCUT2D eigenvalue weighted by atomic mass is 9.88. The minimum atomic E-state index is 0.624. The second kappa shape index (κ2) is 10.4. The zero-order chi connectivity index (χ0) is 30.6. The molecule has 214 valence electrons. The number of furan rings is 2. The largest absolute Gasteiger partial charge is 0.456 e. The minimum Gasteiger partial charge on any atom is -0.456 e. The summed E-state index contributed by atoms with van der Waals surface area (Å²) in [6, 6.07) is 54.6. The van der Waals surface area contributed by atoms with Gasteiger partial charge in [-0.1, -0.05) is 84.9 Å². The van der Waals surface area contributed by atoms with Gasteiger partial charge in [-0.2, -0.15) is 5.26 Å². The lowest BCUT2D eigenvalue weighted by Crippen LogP contribution is -1.90. The fourth-order valence-electron chi connectivity index (χ4n) is 6.65. The summed E-state index contributed by atoms with van der Waals surface area (Å²) in [6.07, 6.45) is 0. The fourth-order valence-corrected chi connectivity index (χ4v) is 6.65. The van der Waals surface area contributed by atoms with Crippen molar-refractivity contribution in [1.82, 2.24) is 0 Å². The second-order valence-electron chi connectivity index (χ2n) is 11.7. The molecule has 0 aliphatic rings. The van der Waals surface area contributed by atoms with Crippen LogP contribution < -0.4 is 0 Å². The quantitative estimate of drug-likeness (QED) is 0.206. The topological polar surface area (TPSA) is 50.1 Å². The van der Waals surface area contributed by atoms with Crippen molar-refractivity contribution in [2.75, 3.05) is 0 Å². The molecule has 7 aromatic carbocycles. The summed E-state index contributed by atoms with van der Waals surface area (Å²) in [5.74, 6) is 0. The Morgan fingerprint density at radius 3 is 1.46 bits per heavy atom. The highest BCUT2D eigenvalue weighted by molar-refractivity contribution is 6.08. The Morgan fingerprint density at radius 1 is 0.348 bits per heavy atom. The van der Waals surface area contributed by atoms with Gasteiger partial charge in [-0.3, -0.25) is 0 Å². The van der Waals surface area contributed by atoms with Crippen LogP contribution in [0.3, 0.4) is 0 Å². The Labute approximate surface area is 265 Å². The van der Waals surface area contributed by atoms with Gasteiger partial charge in [-0.25, -0.2) is 0 Å². The standard InChI is InChI=1S/C43H25NO2/c44-26-27-14-17-34(28-8-2-1-3-9-28)37(20-27)33-22-31(29-15-18-42-38(24-29)35-10-4-6-12-40(35)45-42)21-32(23-33)30-16-19-43-39(25-30)36-11-5-7-13-41(36)46-43/h1-25H. The van der Waals surface area contributed by atoms with Gasteiger partial charge in [-0.05, 0) is 111 Å². The molecule has 46 heavy (non-hydrogen) atoms. The van der Waals surface area contributed by atoms with Crippen LogP contribution in [0, 0.1) is 11.3 Å². The zero-order valence-electron chi connectivity index (χ0n) is 24.7. The summed E-state index contributed by atoms with van der Waals surface area (Å²) in [5.41, 5.74) is 12.7. The SMILES string of the molecule is N#Cc1ccc(-c2ccccc2)c(-c2cc(-c3ccc4oc5ccccc5c4c3)cc(-c3ccc4oc5ccccc5c4c3)c2)c1. The number of nitriles is 1. The van der Waals surface area contributed by atoms with Crippen molar-refractivity contribution in [3.05, 3.63) is 157 Å². The first-order chi connectivity index (χ1) is 22.7. The van der Waals surface area contributed by atoms with Crippen LogP contribution in [0.15, 0.2) is 160 Å². The zero-order valence-corrected chi connectivity index (χ0v) is 24.7. The van der Waals surface area contributed by atoms with Crippen molar-refractivity contribution in [2.45, 2.75) is 0 Å². The van der Waals surface area contributed by atoms with Gasteiger partial charge in [0.15, 0.2) is 0 Å². The van der Waals surface area contributed by atoms with Gasteiger partial charge < -0.3 is 8.83 Å². The number of hydrogen-bond acceptors (Lipinski definition) is 3. The highest BCUT2D eigenvalue weighted by Gasteiger charge is 2.15. The van der Waals surface area contributed by atoms with E-state index in [-0.39, 0.29) is 0 Å². The minimum absolute atomic E-state index is 0.624. The Hall–Kier alpha value is -6.37. The van der Waals surface area contributed by atoms with E-state index in [1.165, 1.54) is 0 Å². The summed E-state index contributed by atoms with van der Waals surface area (Å²) in [5, 5.41) is 14.3. The molecule has 2 aromatic heterocycles. The molecule has 0 bridgehead atoms. The molecule has 0 saturated carbocycles. The molecule has 2 heterocycles. The molecule has 9 aromatic rings. The molecule has 0 unspecified atom stereocenters. The van der Waals surface area contributed by atoms with E-state index in [2.05, 4.69) is 91.0 Å². The maximum atomic E-state index is 9.90. The van der Waals surface area contributed by atoms with Crippen LogP contribution in [0.5, 0.6) is 0 Å². The summed E-state index contributed by atoms with van der Waals surface area (Å²) in [7, 11) is 0. The first kappa shape index (κ1) is 26.1. The number of fused-ring (bicyclic) bond motifs is 6. The van der Waals surface area contributed by atoms with E-state index in [1.807, 2.05) is 66.7 Å². The summed E-state index contributed by atoms with van der Waals surface area (Å²) in [6.45, 7) is 0. The van der Waals surface area contributed by atoms with Crippen molar-refractivity contribution >= 4 is 43.9 Å². The fraction of sp³-hybridized carbons (Fsp3) is 0. The normalized spacial score (nSPS) is 11.5. The van der Waals surface area contributed by atoms with Crippen molar-refractivity contribution in [3.8, 4) is 50.6 Å². The van der Waals surface area contributed by atoms with Crippen molar-refractivity contribution in [2.24, 2.45) is 0 Å². The number of nitrogens with zero attached hydrogens (tertiary/aromatic N) is 1.